The predicted octanol–water partition coefficient (Wildman–Crippen LogP) is 0.911. The number of carbonyl (C=O) groups is 2. The van der Waals surface area contributed by atoms with Crippen molar-refractivity contribution in [3.63, 3.8) is 0 Å². The van der Waals surface area contributed by atoms with E-state index in [1.807, 2.05) is 6.92 Å². The smallest absolute Gasteiger partial charge is 0.335 e. The van der Waals surface area contributed by atoms with Crippen molar-refractivity contribution >= 4 is 12.3 Å². The maximum Gasteiger partial charge on any atom is 0.335 e. The van der Waals surface area contributed by atoms with Crippen LogP contribution >= 0.6 is 0 Å². The summed E-state index contributed by atoms with van der Waals surface area (Å²) in [6.07, 6.45) is -17.4. The number of carbonyl (C=O) groups excluding carboxylic acids is 1. The molecule has 3 heterocycles. The number of aliphatic hydroxyl groups excluding tert-OH is 9. The van der Waals surface area contributed by atoms with E-state index in [9.17, 15) is 60.7 Å². The summed E-state index contributed by atoms with van der Waals surface area (Å²) in [5.74, 6) is -1.36. The van der Waals surface area contributed by atoms with E-state index >= 15 is 0 Å². The van der Waals surface area contributed by atoms with Gasteiger partial charge in [-0.25, -0.2) is 4.79 Å². The number of ether oxygens (including phenoxy) is 6. The van der Waals surface area contributed by atoms with Crippen molar-refractivity contribution in [2.75, 3.05) is 6.61 Å². The van der Waals surface area contributed by atoms with Gasteiger partial charge in [0.15, 0.2) is 25.0 Å². The molecule has 66 heavy (non-hydrogen) atoms. The van der Waals surface area contributed by atoms with Crippen LogP contribution < -0.4 is 0 Å². The van der Waals surface area contributed by atoms with Crippen molar-refractivity contribution in [1.82, 2.24) is 0 Å². The maximum absolute atomic E-state index is 13.7. The summed E-state index contributed by atoms with van der Waals surface area (Å²) in [5, 5.41) is 108. The van der Waals surface area contributed by atoms with Crippen molar-refractivity contribution in [2.45, 2.75) is 218 Å². The van der Waals surface area contributed by atoms with Gasteiger partial charge in [0, 0.05) is 5.41 Å². The molecule has 3 saturated heterocycles. The first-order valence-corrected chi connectivity index (χ1v) is 24.1. The zero-order valence-corrected chi connectivity index (χ0v) is 39.5. The fourth-order valence-corrected chi connectivity index (χ4v) is 15.0. The number of carboxylic acids is 1. The van der Waals surface area contributed by atoms with Crippen LogP contribution in [0.3, 0.4) is 0 Å². The number of carboxylic acid groups (broad SMARTS) is 1. The van der Waals surface area contributed by atoms with Crippen LogP contribution in [0.25, 0.3) is 0 Å². The number of aliphatic hydroxyl groups is 9. The van der Waals surface area contributed by atoms with E-state index in [4.69, 9.17) is 28.4 Å². The third-order valence-corrected chi connectivity index (χ3v) is 19.3. The Morgan fingerprint density at radius 2 is 1.33 bits per heavy atom. The Hall–Kier alpha value is -1.72. The van der Waals surface area contributed by atoms with Crippen LogP contribution in [-0.2, 0) is 38.0 Å². The van der Waals surface area contributed by atoms with Gasteiger partial charge < -0.3 is 84.3 Å². The Morgan fingerprint density at radius 1 is 0.697 bits per heavy atom. The molecule has 8 rings (SSSR count). The molecule has 0 aromatic heterocycles. The summed E-state index contributed by atoms with van der Waals surface area (Å²) in [6.45, 7) is 16.4. The number of rotatable bonds is 9. The fraction of sp³-hybridized carbons (Fsp3) is 0.917. The summed E-state index contributed by atoms with van der Waals surface area (Å²) in [7, 11) is 0. The van der Waals surface area contributed by atoms with Crippen LogP contribution in [0.5, 0.6) is 0 Å². The van der Waals surface area contributed by atoms with Crippen molar-refractivity contribution in [3.05, 3.63) is 11.6 Å². The zero-order chi connectivity index (χ0) is 48.4. The molecule has 25 unspecified atom stereocenters. The lowest BCUT2D eigenvalue weighted by atomic mass is 9.33. The lowest BCUT2D eigenvalue weighted by Crippen LogP contribution is -2.68. The Kier molecular flexibility index (Phi) is 13.5. The average Bonchev–Trinajstić information content (AvgIpc) is 3.25. The van der Waals surface area contributed by atoms with Gasteiger partial charge in [-0.3, -0.25) is 0 Å². The van der Waals surface area contributed by atoms with Crippen molar-refractivity contribution in [2.24, 2.45) is 50.2 Å². The molecule has 0 aromatic carbocycles. The van der Waals surface area contributed by atoms with Gasteiger partial charge in [-0.05, 0) is 104 Å². The third kappa shape index (κ3) is 7.70. The molecule has 0 bridgehead atoms. The molecule has 0 aromatic rings. The number of fused-ring (bicyclic) bond motifs is 7. The number of hydrogen-bond donors (Lipinski definition) is 10. The molecule has 7 fully saturated rings. The van der Waals surface area contributed by atoms with E-state index in [2.05, 4.69) is 47.6 Å². The first kappa shape index (κ1) is 50.7. The Balaban J connectivity index is 1.08. The van der Waals surface area contributed by atoms with Gasteiger partial charge in [-0.1, -0.05) is 60.1 Å². The molecule has 18 nitrogen and oxygen atoms in total. The summed E-state index contributed by atoms with van der Waals surface area (Å²) < 4.78 is 36.0. The number of aliphatic carboxylic acids is 1. The third-order valence-electron chi connectivity index (χ3n) is 19.3. The maximum atomic E-state index is 13.7. The quantitative estimate of drug-likeness (QED) is 0.0873. The number of aldehydes is 1. The SMILES string of the molecule is CC1OC(OC2C(OC3C(OC4CCC5(C)C(CCC6(C)C5CC=C5C7CC(C)(C)CC(O)C7(C)CCC56C)C4(C)C=O)OC(C(=O)O)C(O)C3O)OC(CO)C(O)C2O)C(O)C(O)C1O. The minimum Gasteiger partial charge on any atom is -0.479 e. The lowest BCUT2D eigenvalue weighted by Gasteiger charge is -2.71. The van der Waals surface area contributed by atoms with Crippen molar-refractivity contribution in [3.8, 4) is 0 Å². The predicted molar refractivity (Wildman–Crippen MR) is 230 cm³/mol. The molecule has 10 N–H and O–H groups in total. The van der Waals surface area contributed by atoms with Gasteiger partial charge in [-0.15, -0.1) is 0 Å². The molecule has 0 spiro atoms. The minimum absolute atomic E-state index is 0.00548. The van der Waals surface area contributed by atoms with E-state index in [-0.39, 0.29) is 50.9 Å². The second kappa shape index (κ2) is 17.5. The highest BCUT2D eigenvalue weighted by molar-refractivity contribution is 5.73. The van der Waals surface area contributed by atoms with Crippen LogP contribution in [-0.4, -0.2) is 174 Å². The van der Waals surface area contributed by atoms with Crippen molar-refractivity contribution < 1.29 is 89.1 Å². The van der Waals surface area contributed by atoms with Gasteiger partial charge >= 0.3 is 5.97 Å². The highest BCUT2D eigenvalue weighted by Crippen LogP contribution is 2.75. The molecule has 25 atom stereocenters. The second-order valence-corrected chi connectivity index (χ2v) is 23.4. The molecule has 0 amide bonds. The summed E-state index contributed by atoms with van der Waals surface area (Å²) >= 11 is 0. The molecule has 8 aliphatic rings. The van der Waals surface area contributed by atoms with Gasteiger partial charge in [0.1, 0.15) is 67.3 Å². The van der Waals surface area contributed by atoms with Crippen LogP contribution in [0, 0.1) is 50.2 Å². The van der Waals surface area contributed by atoms with E-state index < -0.39 is 116 Å². The molecular weight excluding hydrogens is 865 g/mol. The Labute approximate surface area is 386 Å². The van der Waals surface area contributed by atoms with Gasteiger partial charge in [0.05, 0.1) is 30.3 Å². The number of hydrogen-bond acceptors (Lipinski definition) is 17. The fourth-order valence-electron chi connectivity index (χ4n) is 15.0. The van der Waals surface area contributed by atoms with Crippen molar-refractivity contribution in [1.29, 1.82) is 0 Å². The average molecular weight is 941 g/mol. The number of allylic oxidation sites excluding steroid dienone is 2. The van der Waals surface area contributed by atoms with Crippen LogP contribution in [0.2, 0.25) is 0 Å². The summed E-state index contributed by atoms with van der Waals surface area (Å²) in [5.41, 5.74) is -0.466. The van der Waals surface area contributed by atoms with Crippen LogP contribution in [0.1, 0.15) is 113 Å². The van der Waals surface area contributed by atoms with E-state index in [1.54, 1.807) is 0 Å². The first-order chi connectivity index (χ1) is 30.7. The molecular formula is C48H76O18. The first-order valence-electron chi connectivity index (χ1n) is 24.1. The van der Waals surface area contributed by atoms with E-state index in [1.165, 1.54) is 12.5 Å². The molecule has 376 valence electrons. The Morgan fingerprint density at radius 3 is 1.97 bits per heavy atom. The molecule has 0 radical (unpaired) electrons. The van der Waals surface area contributed by atoms with Crippen LogP contribution in [0.15, 0.2) is 11.6 Å². The Bertz CT molecular complexity index is 1850. The van der Waals surface area contributed by atoms with E-state index in [0.29, 0.717) is 19.3 Å². The lowest BCUT2D eigenvalue weighted by molar-refractivity contribution is -0.395. The van der Waals surface area contributed by atoms with Gasteiger partial charge in [0.2, 0.25) is 0 Å². The molecule has 5 aliphatic carbocycles. The second-order valence-electron chi connectivity index (χ2n) is 23.4. The largest absolute Gasteiger partial charge is 0.479 e. The standard InChI is InChI=1S/C48H76O18/c1-21-29(52)31(54)35(58)40(61-21)65-37-32(55)30(53)24(19-49)62-41(37)66-38-34(57)33(56)36(39(59)60)64-42(38)63-28-12-13-45(5)25(46(28,6)20-50)11-14-48(8)26(45)10-9-22-23-17-43(2,3)18-27(51)44(23,4)15-16-47(22,48)7/h9,20-21,23-38,40-42,49,51-58H,10-19H2,1-8H3,(H,59,60). The monoisotopic (exact) mass is 941 g/mol. The summed E-state index contributed by atoms with van der Waals surface area (Å²) in [6, 6.07) is 0. The highest BCUT2D eigenvalue weighted by atomic mass is 16.8. The highest BCUT2D eigenvalue weighted by Gasteiger charge is 2.70. The van der Waals surface area contributed by atoms with Gasteiger partial charge in [-0.2, -0.15) is 0 Å². The summed E-state index contributed by atoms with van der Waals surface area (Å²) in [4.78, 5) is 26.2. The normalized spacial score (nSPS) is 55.9. The zero-order valence-electron chi connectivity index (χ0n) is 39.5. The molecule has 4 saturated carbocycles. The molecule has 3 aliphatic heterocycles. The minimum atomic E-state index is -2.09. The van der Waals surface area contributed by atoms with Gasteiger partial charge in [0.25, 0.3) is 0 Å². The molecule has 18 heteroatoms. The van der Waals surface area contributed by atoms with Crippen LogP contribution in [0.4, 0.5) is 0 Å². The van der Waals surface area contributed by atoms with E-state index in [0.717, 1.165) is 44.8 Å². The topological polar surface area (TPSA) is 292 Å².